The third-order valence-corrected chi connectivity index (χ3v) is 9.56. The fraction of sp³-hybridized carbons (Fsp3) is 0.516. The average molecular weight is 629 g/mol. The fourth-order valence-corrected chi connectivity index (χ4v) is 7.90. The van der Waals surface area contributed by atoms with Gasteiger partial charge in [0.15, 0.2) is 0 Å². The van der Waals surface area contributed by atoms with E-state index >= 15 is 0 Å². The summed E-state index contributed by atoms with van der Waals surface area (Å²) >= 11 is 3.66. The van der Waals surface area contributed by atoms with E-state index in [1.165, 1.54) is 4.90 Å². The van der Waals surface area contributed by atoms with Gasteiger partial charge in [0.25, 0.3) is 0 Å². The number of halogens is 1. The molecule has 3 heterocycles. The summed E-state index contributed by atoms with van der Waals surface area (Å²) in [6, 6.07) is 15.4. The van der Waals surface area contributed by atoms with Gasteiger partial charge in [0.1, 0.15) is 11.6 Å². The Kier molecular flexibility index (Phi) is 8.73. The first-order valence-corrected chi connectivity index (χ1v) is 15.3. The third kappa shape index (κ3) is 5.15. The van der Waals surface area contributed by atoms with E-state index in [9.17, 15) is 19.5 Å². The third-order valence-electron chi connectivity index (χ3n) is 8.72. The Morgan fingerprint density at radius 2 is 1.83 bits per heavy atom. The molecule has 10 heteroatoms. The number of carbonyl (C=O) groups is 3. The van der Waals surface area contributed by atoms with E-state index in [0.29, 0.717) is 18.5 Å². The molecular weight excluding hydrogens is 590 g/mol. The van der Waals surface area contributed by atoms with Crippen molar-refractivity contribution < 1.29 is 29.0 Å². The van der Waals surface area contributed by atoms with E-state index < -0.39 is 47.5 Å². The number of esters is 1. The van der Waals surface area contributed by atoms with E-state index in [4.69, 9.17) is 9.47 Å². The number of aliphatic hydroxyl groups is 1. The highest BCUT2D eigenvalue weighted by molar-refractivity contribution is 9.09. The number of rotatable bonds is 11. The second kappa shape index (κ2) is 12.1. The first kappa shape index (κ1) is 29.5. The summed E-state index contributed by atoms with van der Waals surface area (Å²) in [5, 5.41) is 13.6. The summed E-state index contributed by atoms with van der Waals surface area (Å²) in [4.78, 5) is 45.1. The summed E-state index contributed by atoms with van der Waals surface area (Å²) in [5.74, 6) is -3.00. The predicted octanol–water partition coefficient (Wildman–Crippen LogP) is 3.39. The molecule has 9 nitrogen and oxygen atoms in total. The molecule has 41 heavy (non-hydrogen) atoms. The topological polar surface area (TPSA) is 108 Å². The maximum Gasteiger partial charge on any atom is 0.312 e. The second-order valence-electron chi connectivity index (χ2n) is 10.9. The summed E-state index contributed by atoms with van der Waals surface area (Å²) in [6.07, 6.45) is 0.137. The number of benzene rings is 2. The van der Waals surface area contributed by atoms with E-state index in [1.54, 1.807) is 6.92 Å². The van der Waals surface area contributed by atoms with E-state index in [2.05, 4.69) is 40.0 Å². The van der Waals surface area contributed by atoms with Crippen LogP contribution in [0.2, 0.25) is 0 Å². The minimum Gasteiger partial charge on any atom is -0.466 e. The van der Waals surface area contributed by atoms with Gasteiger partial charge in [-0.15, -0.1) is 0 Å². The normalized spacial score (nSPS) is 28.9. The summed E-state index contributed by atoms with van der Waals surface area (Å²) in [5.41, 5.74) is 1.32. The number of nitrogens with zero attached hydrogens (tertiary/aromatic N) is 2. The first-order valence-electron chi connectivity index (χ1n) is 14.4. The Labute approximate surface area is 249 Å². The van der Waals surface area contributed by atoms with Crippen molar-refractivity contribution in [2.45, 2.75) is 62.2 Å². The Morgan fingerprint density at radius 3 is 2.44 bits per heavy atom. The number of nitrogens with one attached hydrogen (secondary N) is 1. The van der Waals surface area contributed by atoms with Crippen LogP contribution in [0.25, 0.3) is 0 Å². The molecule has 2 N–H and O–H groups in total. The maximum absolute atomic E-state index is 14.3. The lowest BCUT2D eigenvalue weighted by molar-refractivity contribution is -0.155. The summed E-state index contributed by atoms with van der Waals surface area (Å²) < 4.78 is 11.9. The summed E-state index contributed by atoms with van der Waals surface area (Å²) in [6.45, 7) is 7.45. The molecule has 5 rings (SSSR count). The number of anilines is 2. The van der Waals surface area contributed by atoms with Gasteiger partial charge in [0.05, 0.1) is 37.2 Å². The van der Waals surface area contributed by atoms with Crippen LogP contribution in [-0.4, -0.2) is 82.7 Å². The molecular formula is C31H38BrN3O6. The molecule has 3 fully saturated rings. The van der Waals surface area contributed by atoms with Crippen LogP contribution in [0.5, 0.6) is 0 Å². The zero-order valence-corrected chi connectivity index (χ0v) is 25.2. The number of ether oxygens (including phenoxy) is 2. The van der Waals surface area contributed by atoms with Crippen molar-refractivity contribution in [2.24, 2.45) is 11.8 Å². The molecule has 0 aromatic heterocycles. The number of amides is 2. The van der Waals surface area contributed by atoms with Gasteiger partial charge in [-0.3, -0.25) is 14.4 Å². The lowest BCUT2D eigenvalue weighted by atomic mass is 9.70. The highest BCUT2D eigenvalue weighted by Crippen LogP contribution is 2.60. The SMILES string of the molecule is CCOC(=O)[C@@H]1[C@H]2O[C@@]3(CC2Br)[C@H](C(=O)Nc2ccc(N(CC)CC)cc2)N([C@@H](CO)Cc2ccccc2)C(=O)[C@@H]13. The van der Waals surface area contributed by atoms with Crippen molar-refractivity contribution in [2.75, 3.05) is 36.5 Å². The molecule has 7 atom stereocenters. The van der Waals surface area contributed by atoms with Gasteiger partial charge in [-0.2, -0.15) is 0 Å². The molecule has 1 unspecified atom stereocenters. The quantitative estimate of drug-likeness (QED) is 0.290. The first-order chi connectivity index (χ1) is 19.8. The van der Waals surface area contributed by atoms with Crippen molar-refractivity contribution in [3.05, 3.63) is 60.2 Å². The van der Waals surface area contributed by atoms with Crippen molar-refractivity contribution in [1.29, 1.82) is 0 Å². The molecule has 0 saturated carbocycles. The Morgan fingerprint density at radius 1 is 1.15 bits per heavy atom. The van der Waals surface area contributed by atoms with Crippen molar-refractivity contribution in [1.82, 2.24) is 4.90 Å². The second-order valence-corrected chi connectivity index (χ2v) is 12.1. The van der Waals surface area contributed by atoms with Crippen LogP contribution >= 0.6 is 15.9 Å². The van der Waals surface area contributed by atoms with Crippen LogP contribution in [0.3, 0.4) is 0 Å². The number of fused-ring (bicyclic) bond motifs is 1. The number of alkyl halides is 1. The number of aliphatic hydroxyl groups excluding tert-OH is 1. The Bertz CT molecular complexity index is 1260. The molecule has 220 valence electrons. The molecule has 0 aliphatic carbocycles. The van der Waals surface area contributed by atoms with Gasteiger partial charge >= 0.3 is 5.97 Å². The number of likely N-dealkylation sites (tertiary alicyclic amines) is 1. The highest BCUT2D eigenvalue weighted by atomic mass is 79.9. The van der Waals surface area contributed by atoms with Crippen molar-refractivity contribution in [3.8, 4) is 0 Å². The Hall–Kier alpha value is -2.95. The van der Waals surface area contributed by atoms with Crippen LogP contribution in [-0.2, 0) is 30.3 Å². The fourth-order valence-electron chi connectivity index (χ4n) is 6.96. The van der Waals surface area contributed by atoms with E-state index in [0.717, 1.165) is 24.3 Å². The Balaban J connectivity index is 1.51. The van der Waals surface area contributed by atoms with Crippen LogP contribution in [0.15, 0.2) is 54.6 Å². The molecule has 3 saturated heterocycles. The van der Waals surface area contributed by atoms with Gasteiger partial charge < -0.3 is 29.7 Å². The van der Waals surface area contributed by atoms with Crippen LogP contribution in [0.1, 0.15) is 32.8 Å². The molecule has 2 amide bonds. The number of hydrogen-bond donors (Lipinski definition) is 2. The summed E-state index contributed by atoms with van der Waals surface area (Å²) in [7, 11) is 0. The van der Waals surface area contributed by atoms with Gasteiger partial charge in [0.2, 0.25) is 11.8 Å². The lowest BCUT2D eigenvalue weighted by Gasteiger charge is -2.37. The highest BCUT2D eigenvalue weighted by Gasteiger charge is 2.77. The molecule has 3 aliphatic rings. The molecule has 2 aromatic rings. The van der Waals surface area contributed by atoms with Gasteiger partial charge in [-0.25, -0.2) is 0 Å². The molecule has 1 spiro atoms. The average Bonchev–Trinajstić information content (AvgIpc) is 3.57. The van der Waals surface area contributed by atoms with Crippen LogP contribution in [0, 0.1) is 11.8 Å². The molecule has 0 radical (unpaired) electrons. The molecule has 2 bridgehead atoms. The maximum atomic E-state index is 14.3. The zero-order valence-electron chi connectivity index (χ0n) is 23.7. The van der Waals surface area contributed by atoms with Gasteiger partial charge in [-0.1, -0.05) is 46.3 Å². The molecule has 2 aromatic carbocycles. The van der Waals surface area contributed by atoms with Gasteiger partial charge in [0, 0.05) is 29.3 Å². The largest absolute Gasteiger partial charge is 0.466 e. The number of carbonyl (C=O) groups excluding carboxylic acids is 3. The lowest BCUT2D eigenvalue weighted by Crippen LogP contribution is -2.57. The molecule has 3 aliphatic heterocycles. The van der Waals surface area contributed by atoms with Crippen LogP contribution < -0.4 is 10.2 Å². The van der Waals surface area contributed by atoms with Crippen LogP contribution in [0.4, 0.5) is 11.4 Å². The minimum atomic E-state index is -1.23. The zero-order chi connectivity index (χ0) is 29.3. The smallest absolute Gasteiger partial charge is 0.312 e. The minimum absolute atomic E-state index is 0.174. The van der Waals surface area contributed by atoms with Crippen molar-refractivity contribution >= 4 is 45.1 Å². The number of hydrogen-bond acceptors (Lipinski definition) is 7. The van der Waals surface area contributed by atoms with E-state index in [-0.39, 0.29) is 23.9 Å². The van der Waals surface area contributed by atoms with Gasteiger partial charge in [-0.05, 0) is 63.4 Å². The monoisotopic (exact) mass is 627 g/mol. The predicted molar refractivity (Wildman–Crippen MR) is 159 cm³/mol. The van der Waals surface area contributed by atoms with E-state index in [1.807, 2.05) is 54.6 Å². The van der Waals surface area contributed by atoms with Crippen molar-refractivity contribution in [3.63, 3.8) is 0 Å². The standard InChI is InChI=1S/C31H38BrN3O6/c1-4-34(5-2)21-14-12-20(13-15-21)33-28(37)27-31-17-23(32)26(41-31)24(30(39)40-6-3)25(31)29(38)35(27)22(18-36)16-19-10-8-7-9-11-19/h7-15,22-27,36H,4-6,16-18H2,1-3H3,(H,33,37)/t22-,23?,24+,25-,26+,27+,31-/m1/s1.